The van der Waals surface area contributed by atoms with Crippen LogP contribution in [-0.2, 0) is 19.6 Å². The van der Waals surface area contributed by atoms with E-state index in [0.29, 0.717) is 18.5 Å². The van der Waals surface area contributed by atoms with E-state index in [1.807, 2.05) is 0 Å². The van der Waals surface area contributed by atoms with Crippen molar-refractivity contribution < 1.29 is 27.5 Å². The number of urea groups is 1. The van der Waals surface area contributed by atoms with E-state index in [2.05, 4.69) is 36.1 Å². The number of hydrogen-bond donors (Lipinski definition) is 3. The zero-order chi connectivity index (χ0) is 23.9. The summed E-state index contributed by atoms with van der Waals surface area (Å²) in [6.45, 7) is 5.80. The predicted molar refractivity (Wildman–Crippen MR) is 120 cm³/mol. The van der Waals surface area contributed by atoms with Crippen LogP contribution in [0.5, 0.6) is 5.75 Å². The van der Waals surface area contributed by atoms with Gasteiger partial charge in [0, 0.05) is 11.8 Å². The minimum Gasteiger partial charge on any atom is -0.494 e. The molecule has 0 aromatic heterocycles. The van der Waals surface area contributed by atoms with Gasteiger partial charge in [-0.25, -0.2) is 13.2 Å². The van der Waals surface area contributed by atoms with Gasteiger partial charge in [-0.2, -0.15) is 0 Å². The Morgan fingerprint density at radius 2 is 1.97 bits per heavy atom. The van der Waals surface area contributed by atoms with Gasteiger partial charge in [-0.15, -0.1) is 0 Å². The number of nitrogens with zero attached hydrogens (tertiary/aromatic N) is 1. The van der Waals surface area contributed by atoms with Gasteiger partial charge in [0.05, 0.1) is 19.1 Å². The van der Waals surface area contributed by atoms with Gasteiger partial charge in [-0.05, 0) is 42.7 Å². The Morgan fingerprint density at radius 1 is 1.28 bits per heavy atom. The minimum absolute atomic E-state index is 0.100. The van der Waals surface area contributed by atoms with E-state index >= 15 is 0 Å². The number of nitrogens with one attached hydrogen (secondary N) is 3. The molecule has 32 heavy (non-hydrogen) atoms. The molecule has 0 unspecified atom stereocenters. The fourth-order valence-electron chi connectivity index (χ4n) is 5.05. The SMILES string of the molecule is COc1cc(NC(=O)CN2C(=O)N[C@@]3(C[C@@H](C)CC(C)(C)C3)C2=O)ccc1NS(C)(=O)=O. The summed E-state index contributed by atoms with van der Waals surface area (Å²) in [5.41, 5.74) is -0.518. The van der Waals surface area contributed by atoms with Crippen molar-refractivity contribution in [2.45, 2.75) is 45.6 Å². The van der Waals surface area contributed by atoms with Crippen LogP contribution >= 0.6 is 0 Å². The number of benzene rings is 1. The molecular formula is C21H30N4O6S. The summed E-state index contributed by atoms with van der Waals surface area (Å²) < 4.78 is 30.4. The Bertz CT molecular complexity index is 1050. The molecule has 1 aliphatic carbocycles. The first-order valence-electron chi connectivity index (χ1n) is 10.3. The third-order valence-corrected chi connectivity index (χ3v) is 6.30. The normalized spacial score (nSPS) is 24.9. The maximum Gasteiger partial charge on any atom is 0.325 e. The standard InChI is InChI=1S/C21H30N4O6S/c1-13-9-20(2,3)12-21(10-13)18(27)25(19(28)23-21)11-17(26)22-14-6-7-15(16(8-14)31-4)24-32(5,29)30/h6-8,13,24H,9-12H2,1-5H3,(H,22,26)(H,23,28)/t13-,21+/m0/s1. The number of methoxy groups -OCH3 is 1. The first kappa shape index (κ1) is 23.8. The molecule has 1 saturated heterocycles. The molecule has 11 heteroatoms. The smallest absolute Gasteiger partial charge is 0.325 e. The van der Waals surface area contributed by atoms with Crippen molar-refractivity contribution in [2.24, 2.45) is 11.3 Å². The van der Waals surface area contributed by atoms with Gasteiger partial charge in [-0.3, -0.25) is 19.2 Å². The average Bonchev–Trinajstić information content (AvgIpc) is 2.83. The maximum absolute atomic E-state index is 13.2. The van der Waals surface area contributed by atoms with Crippen molar-refractivity contribution in [2.75, 3.05) is 29.9 Å². The van der Waals surface area contributed by atoms with E-state index in [4.69, 9.17) is 4.74 Å². The number of ether oxygens (including phenoxy) is 1. The second kappa shape index (κ2) is 8.27. The molecule has 4 amide bonds. The van der Waals surface area contributed by atoms with Gasteiger partial charge in [0.25, 0.3) is 5.91 Å². The van der Waals surface area contributed by atoms with Crippen molar-refractivity contribution in [3.63, 3.8) is 0 Å². The quantitative estimate of drug-likeness (QED) is 0.550. The molecule has 2 fully saturated rings. The Morgan fingerprint density at radius 3 is 2.56 bits per heavy atom. The van der Waals surface area contributed by atoms with Crippen LogP contribution in [0, 0.1) is 11.3 Å². The van der Waals surface area contributed by atoms with Crippen LogP contribution in [0.25, 0.3) is 0 Å². The van der Waals surface area contributed by atoms with Crippen LogP contribution in [-0.4, -0.2) is 56.6 Å². The molecule has 10 nitrogen and oxygen atoms in total. The predicted octanol–water partition coefficient (Wildman–Crippen LogP) is 2.14. The van der Waals surface area contributed by atoms with Gasteiger partial charge in [0.2, 0.25) is 15.9 Å². The minimum atomic E-state index is -3.51. The van der Waals surface area contributed by atoms with Gasteiger partial charge >= 0.3 is 6.03 Å². The second-order valence-electron chi connectivity index (χ2n) is 9.60. The van der Waals surface area contributed by atoms with Gasteiger partial charge in [-0.1, -0.05) is 20.8 Å². The first-order valence-corrected chi connectivity index (χ1v) is 12.2. The molecule has 3 N–H and O–H groups in total. The Hall–Kier alpha value is -2.82. The van der Waals surface area contributed by atoms with E-state index in [9.17, 15) is 22.8 Å². The molecule has 1 spiro atoms. The van der Waals surface area contributed by atoms with Crippen molar-refractivity contribution >= 4 is 39.2 Å². The summed E-state index contributed by atoms with van der Waals surface area (Å²) in [4.78, 5) is 39.3. The Labute approximate surface area is 188 Å². The second-order valence-corrected chi connectivity index (χ2v) is 11.3. The van der Waals surface area contributed by atoms with Crippen LogP contribution < -0.4 is 20.1 Å². The fourth-order valence-corrected chi connectivity index (χ4v) is 5.61. The molecule has 1 heterocycles. The average molecular weight is 467 g/mol. The topological polar surface area (TPSA) is 134 Å². The Balaban J connectivity index is 1.71. The summed E-state index contributed by atoms with van der Waals surface area (Å²) in [7, 11) is -2.14. The molecule has 2 atom stereocenters. The number of carbonyl (C=O) groups excluding carboxylic acids is 3. The molecule has 1 saturated carbocycles. The van der Waals surface area contributed by atoms with E-state index in [1.54, 1.807) is 0 Å². The monoisotopic (exact) mass is 466 g/mol. The summed E-state index contributed by atoms with van der Waals surface area (Å²) in [6.07, 6.45) is 3.05. The first-order chi connectivity index (χ1) is 14.7. The molecule has 1 aromatic rings. The van der Waals surface area contributed by atoms with Crippen LogP contribution in [0.1, 0.15) is 40.0 Å². The van der Waals surface area contributed by atoms with Crippen molar-refractivity contribution in [3.8, 4) is 5.75 Å². The number of amides is 4. The van der Waals surface area contributed by atoms with Crippen molar-refractivity contribution in [3.05, 3.63) is 18.2 Å². The highest BCUT2D eigenvalue weighted by molar-refractivity contribution is 7.92. The fraction of sp³-hybridized carbons (Fsp3) is 0.571. The van der Waals surface area contributed by atoms with E-state index in [0.717, 1.165) is 17.6 Å². The molecule has 3 rings (SSSR count). The summed E-state index contributed by atoms with van der Waals surface area (Å²) in [6, 6.07) is 3.82. The number of carbonyl (C=O) groups is 3. The summed E-state index contributed by atoms with van der Waals surface area (Å²) in [5, 5.41) is 5.47. The van der Waals surface area contributed by atoms with Crippen LogP contribution in [0.3, 0.4) is 0 Å². The Kier molecular flexibility index (Phi) is 6.16. The molecular weight excluding hydrogens is 436 g/mol. The highest BCUT2D eigenvalue weighted by Crippen LogP contribution is 2.46. The van der Waals surface area contributed by atoms with Gasteiger partial charge in [0.15, 0.2) is 0 Å². The lowest BCUT2D eigenvalue weighted by atomic mass is 9.64. The van der Waals surface area contributed by atoms with E-state index in [-0.39, 0.29) is 28.7 Å². The lowest BCUT2D eigenvalue weighted by Crippen LogP contribution is -2.54. The van der Waals surface area contributed by atoms with Gasteiger partial charge < -0.3 is 15.4 Å². The molecule has 0 bridgehead atoms. The lowest BCUT2D eigenvalue weighted by molar-refractivity contribution is -0.136. The lowest BCUT2D eigenvalue weighted by Gasteiger charge is -2.43. The van der Waals surface area contributed by atoms with Crippen molar-refractivity contribution in [1.82, 2.24) is 10.2 Å². The summed E-state index contributed by atoms with van der Waals surface area (Å²) in [5.74, 6) is -0.453. The van der Waals surface area contributed by atoms with Crippen LogP contribution in [0.4, 0.5) is 16.2 Å². The summed E-state index contributed by atoms with van der Waals surface area (Å²) >= 11 is 0. The van der Waals surface area contributed by atoms with Gasteiger partial charge in [0.1, 0.15) is 17.8 Å². The largest absolute Gasteiger partial charge is 0.494 e. The number of imide groups is 1. The third-order valence-electron chi connectivity index (χ3n) is 5.71. The number of sulfonamides is 1. The zero-order valence-corrected chi connectivity index (χ0v) is 19.8. The van der Waals surface area contributed by atoms with Crippen LogP contribution in [0.2, 0.25) is 0 Å². The molecule has 1 aromatic carbocycles. The molecule has 176 valence electrons. The zero-order valence-electron chi connectivity index (χ0n) is 18.9. The molecule has 2 aliphatic rings. The number of hydrogen-bond acceptors (Lipinski definition) is 6. The molecule has 1 aliphatic heterocycles. The molecule has 0 radical (unpaired) electrons. The number of rotatable bonds is 6. The van der Waals surface area contributed by atoms with Crippen molar-refractivity contribution in [1.29, 1.82) is 0 Å². The highest BCUT2D eigenvalue weighted by atomic mass is 32.2. The third kappa shape index (κ3) is 5.14. The van der Waals surface area contributed by atoms with Crippen LogP contribution in [0.15, 0.2) is 18.2 Å². The maximum atomic E-state index is 13.2. The van der Waals surface area contributed by atoms with E-state index < -0.39 is 34.0 Å². The number of anilines is 2. The van der Waals surface area contributed by atoms with E-state index in [1.165, 1.54) is 25.3 Å². The highest BCUT2D eigenvalue weighted by Gasteiger charge is 2.56.